The minimum atomic E-state index is -2.64. The molecule has 0 saturated heterocycles. The molecule has 0 unspecified atom stereocenters. The van der Waals surface area contributed by atoms with Gasteiger partial charge in [0.25, 0.3) is 0 Å². The molecule has 0 aromatic heterocycles. The fraction of sp³-hybridized carbons (Fsp3) is 0.423. The second kappa shape index (κ2) is 14.1. The van der Waals surface area contributed by atoms with E-state index in [0.29, 0.717) is 31.8 Å². The van der Waals surface area contributed by atoms with Crippen LogP contribution < -0.4 is 0 Å². The highest BCUT2D eigenvalue weighted by Gasteiger charge is 2.39. The second-order valence-electron chi connectivity index (χ2n) is 7.47. The molecule has 33 heavy (non-hydrogen) atoms. The van der Waals surface area contributed by atoms with Crippen molar-refractivity contribution in [2.45, 2.75) is 46.1 Å². The number of ether oxygens (including phenoxy) is 1. The lowest BCUT2D eigenvalue weighted by Crippen LogP contribution is -2.45. The van der Waals surface area contributed by atoms with Gasteiger partial charge in [-0.1, -0.05) is 36.4 Å². The topological polar surface area (TPSA) is 54.0 Å². The van der Waals surface area contributed by atoms with E-state index in [1.54, 1.807) is 12.1 Å². The summed E-state index contributed by atoms with van der Waals surface area (Å²) in [7, 11) is -1.31. The largest absolute Gasteiger partial charge is 0.500 e. The van der Waals surface area contributed by atoms with Crippen molar-refractivity contribution in [1.29, 1.82) is 0 Å². The van der Waals surface area contributed by atoms with Gasteiger partial charge in [0.05, 0.1) is 7.11 Å². The number of benzene rings is 2. The molecule has 0 fully saturated rings. The van der Waals surface area contributed by atoms with Crippen molar-refractivity contribution in [3.8, 4) is 11.1 Å². The molecular weight excluding hydrogens is 439 g/mol. The van der Waals surface area contributed by atoms with Crippen molar-refractivity contribution >= 4 is 20.8 Å². The van der Waals surface area contributed by atoms with E-state index in [1.165, 1.54) is 13.2 Å². The van der Waals surface area contributed by atoms with Crippen molar-refractivity contribution in [1.82, 2.24) is 0 Å². The number of carbonyl (C=O) groups excluding carboxylic acids is 1. The van der Waals surface area contributed by atoms with Crippen LogP contribution in [0.1, 0.15) is 44.7 Å². The van der Waals surface area contributed by atoms with E-state index in [1.807, 2.05) is 57.2 Å². The summed E-state index contributed by atoms with van der Waals surface area (Å²) in [6, 6.07) is 13.7. The Bertz CT molecular complexity index is 881. The van der Waals surface area contributed by atoms with Crippen LogP contribution in [0.3, 0.4) is 0 Å². The lowest BCUT2D eigenvalue weighted by atomic mass is 10.00. The zero-order chi connectivity index (χ0) is 24.1. The molecule has 0 aliphatic rings. The maximum atomic E-state index is 14.8. The molecule has 0 aliphatic heterocycles. The van der Waals surface area contributed by atoms with Crippen molar-refractivity contribution in [2.24, 2.45) is 0 Å². The summed E-state index contributed by atoms with van der Waals surface area (Å²) >= 11 is 0. The summed E-state index contributed by atoms with van der Waals surface area (Å²) in [4.78, 5) is 11.2. The van der Waals surface area contributed by atoms with Crippen LogP contribution in [0.2, 0.25) is 6.04 Å². The number of rotatable bonds is 14. The molecule has 0 heterocycles. The van der Waals surface area contributed by atoms with E-state index in [0.717, 1.165) is 35.6 Å². The first kappa shape index (κ1) is 26.9. The predicted octanol–water partition coefficient (Wildman–Crippen LogP) is 6.05. The fourth-order valence-electron chi connectivity index (χ4n) is 3.61. The fourth-order valence-corrected chi connectivity index (χ4v) is 6.29. The zero-order valence-electron chi connectivity index (χ0n) is 20.1. The lowest BCUT2D eigenvalue weighted by molar-refractivity contribution is -0.134. The average Bonchev–Trinajstić information content (AvgIpc) is 2.82. The van der Waals surface area contributed by atoms with Gasteiger partial charge in [-0.2, -0.15) is 0 Å². The van der Waals surface area contributed by atoms with Crippen LogP contribution in [0.5, 0.6) is 0 Å². The van der Waals surface area contributed by atoms with Crippen LogP contribution >= 0.6 is 0 Å². The molecule has 7 heteroatoms. The van der Waals surface area contributed by atoms with Crippen LogP contribution in [0, 0.1) is 5.82 Å². The molecule has 0 atom stereocenters. The summed E-state index contributed by atoms with van der Waals surface area (Å²) in [5, 5.41) is 0. The highest BCUT2D eigenvalue weighted by molar-refractivity contribution is 6.60. The summed E-state index contributed by atoms with van der Waals surface area (Å²) < 4.78 is 37.0. The quantitative estimate of drug-likeness (QED) is 0.144. The normalized spacial score (nSPS) is 11.8. The lowest BCUT2D eigenvalue weighted by Gasteiger charge is -2.28. The van der Waals surface area contributed by atoms with Gasteiger partial charge in [0, 0.05) is 31.9 Å². The van der Waals surface area contributed by atoms with Crippen LogP contribution in [-0.2, 0) is 29.2 Å². The number of halogens is 1. The van der Waals surface area contributed by atoms with E-state index in [2.05, 4.69) is 4.74 Å². The maximum Gasteiger partial charge on any atom is 0.500 e. The highest BCUT2D eigenvalue weighted by atomic mass is 28.4. The van der Waals surface area contributed by atoms with Crippen LogP contribution in [0.4, 0.5) is 4.39 Å². The molecule has 5 nitrogen and oxygen atoms in total. The number of carbonyl (C=O) groups is 1. The Morgan fingerprint density at radius 2 is 1.52 bits per heavy atom. The van der Waals surface area contributed by atoms with Gasteiger partial charge in [-0.05, 0) is 74.4 Å². The molecule has 0 radical (unpaired) electrons. The Labute approximate surface area is 197 Å². The molecule has 0 bridgehead atoms. The van der Waals surface area contributed by atoms with Gasteiger partial charge in [-0.3, -0.25) is 0 Å². The summed E-state index contributed by atoms with van der Waals surface area (Å²) in [5.74, 6) is -0.608. The number of unbranched alkanes of at least 4 members (excludes halogenated alkanes) is 1. The molecule has 2 rings (SSSR count). The number of aryl methyl sites for hydroxylation is 1. The Morgan fingerprint density at radius 1 is 0.909 bits per heavy atom. The number of methoxy groups -OCH3 is 1. The number of hydrogen-bond acceptors (Lipinski definition) is 5. The zero-order valence-corrected chi connectivity index (χ0v) is 21.1. The number of hydrogen-bond donors (Lipinski definition) is 0. The molecule has 0 amide bonds. The molecule has 2 aromatic rings. The molecule has 0 saturated carbocycles. The van der Waals surface area contributed by atoms with Crippen molar-refractivity contribution in [2.75, 3.05) is 26.9 Å². The molecule has 180 valence electrons. The third-order valence-electron chi connectivity index (χ3n) is 5.18. The second-order valence-corrected chi connectivity index (χ2v) is 10.2. The monoisotopic (exact) mass is 474 g/mol. The van der Waals surface area contributed by atoms with Gasteiger partial charge in [-0.25, -0.2) is 9.18 Å². The van der Waals surface area contributed by atoms with E-state index < -0.39 is 14.8 Å². The van der Waals surface area contributed by atoms with E-state index in [-0.39, 0.29) is 5.82 Å². The first-order valence-electron chi connectivity index (χ1n) is 11.5. The van der Waals surface area contributed by atoms with Gasteiger partial charge in [0.1, 0.15) is 5.82 Å². The molecule has 0 aliphatic carbocycles. The first-order chi connectivity index (χ1) is 16.0. The highest BCUT2D eigenvalue weighted by Crippen LogP contribution is 2.25. The van der Waals surface area contributed by atoms with Crippen molar-refractivity contribution < 1.29 is 27.2 Å². The summed E-state index contributed by atoms with van der Waals surface area (Å²) in [6.07, 6.45) is 5.39. The average molecular weight is 475 g/mol. The summed E-state index contributed by atoms with van der Waals surface area (Å²) in [6.45, 7) is 7.52. The van der Waals surface area contributed by atoms with Crippen LogP contribution in [0.15, 0.2) is 48.5 Å². The van der Waals surface area contributed by atoms with Crippen molar-refractivity contribution in [3.63, 3.8) is 0 Å². The Hall–Kier alpha value is -2.32. The maximum absolute atomic E-state index is 14.8. The van der Waals surface area contributed by atoms with Gasteiger partial charge in [0.15, 0.2) is 0 Å². The standard InChI is InChI=1S/C26H35FO5Si/c1-5-30-33(31-6-2,32-7-3)19-9-8-10-23-16-17-24(20-25(23)27)22-14-11-21(12-15-22)13-18-26(28)29-4/h11-18,20H,5-10,19H2,1-4H3. The van der Waals surface area contributed by atoms with Crippen molar-refractivity contribution in [3.05, 3.63) is 65.5 Å². The first-order valence-corrected chi connectivity index (χ1v) is 13.5. The third kappa shape index (κ3) is 8.51. The van der Waals surface area contributed by atoms with Gasteiger partial charge < -0.3 is 18.0 Å². The van der Waals surface area contributed by atoms with Gasteiger partial charge >= 0.3 is 14.8 Å². The minimum absolute atomic E-state index is 0.204. The minimum Gasteiger partial charge on any atom is -0.466 e. The smallest absolute Gasteiger partial charge is 0.466 e. The summed E-state index contributed by atoms with van der Waals surface area (Å²) in [5.41, 5.74) is 3.30. The molecule has 0 spiro atoms. The molecule has 0 N–H and O–H groups in total. The Kier molecular flexibility index (Phi) is 11.5. The third-order valence-corrected chi connectivity index (χ3v) is 8.33. The van der Waals surface area contributed by atoms with Crippen LogP contribution in [0.25, 0.3) is 17.2 Å². The van der Waals surface area contributed by atoms with E-state index >= 15 is 0 Å². The predicted molar refractivity (Wildman–Crippen MR) is 131 cm³/mol. The SMILES string of the molecule is CCO[Si](CCCCc1ccc(-c2ccc(C=CC(=O)OC)cc2)cc1F)(OCC)OCC. The Morgan fingerprint density at radius 3 is 2.06 bits per heavy atom. The van der Waals surface area contributed by atoms with E-state index in [4.69, 9.17) is 13.3 Å². The van der Waals surface area contributed by atoms with E-state index in [9.17, 15) is 9.18 Å². The molecule has 2 aromatic carbocycles. The molecular formula is C26H35FO5Si. The Balaban J connectivity index is 1.96. The number of esters is 1. The van der Waals surface area contributed by atoms with Gasteiger partial charge in [-0.15, -0.1) is 0 Å². The van der Waals surface area contributed by atoms with Crippen LogP contribution in [-0.4, -0.2) is 41.7 Å². The van der Waals surface area contributed by atoms with Gasteiger partial charge in [0.2, 0.25) is 0 Å².